The quantitative estimate of drug-likeness (QED) is 0.174. The lowest BCUT2D eigenvalue weighted by Crippen LogP contribution is -2.53. The molecule has 2 fully saturated rings. The van der Waals surface area contributed by atoms with Crippen molar-refractivity contribution in [1.82, 2.24) is 15.2 Å². The molecule has 3 amide bonds. The highest BCUT2D eigenvalue weighted by molar-refractivity contribution is 6.03. The monoisotopic (exact) mass is 434 g/mol. The first kappa shape index (κ1) is 25.0. The molecule has 0 spiro atoms. The van der Waals surface area contributed by atoms with Gasteiger partial charge in [0.1, 0.15) is 6.26 Å². The van der Waals surface area contributed by atoms with E-state index in [9.17, 15) is 14.7 Å². The number of amides is 3. The van der Waals surface area contributed by atoms with Gasteiger partial charge >= 0.3 is 6.03 Å². The molecule has 4 N–H and O–H groups in total. The van der Waals surface area contributed by atoms with E-state index in [0.717, 1.165) is 57.8 Å². The zero-order valence-corrected chi connectivity index (χ0v) is 18.9. The minimum absolute atomic E-state index is 0.0619. The Morgan fingerprint density at radius 2 is 1.65 bits per heavy atom. The van der Waals surface area contributed by atoms with Crippen LogP contribution in [0.15, 0.2) is 34.5 Å². The van der Waals surface area contributed by atoms with E-state index in [2.05, 4.69) is 22.2 Å². The van der Waals surface area contributed by atoms with Crippen molar-refractivity contribution in [3.05, 3.63) is 24.2 Å². The van der Waals surface area contributed by atoms with Crippen LogP contribution in [0.4, 0.5) is 4.79 Å². The highest BCUT2D eigenvalue weighted by atomic mass is 16.2. The van der Waals surface area contributed by atoms with Crippen molar-refractivity contribution in [3.63, 3.8) is 0 Å². The van der Waals surface area contributed by atoms with Crippen LogP contribution in [0.5, 0.6) is 0 Å². The van der Waals surface area contributed by atoms with Crippen LogP contribution in [0.1, 0.15) is 77.6 Å². The van der Waals surface area contributed by atoms with Crippen LogP contribution in [0.3, 0.4) is 0 Å². The predicted molar refractivity (Wildman–Crippen MR) is 120 cm³/mol. The van der Waals surface area contributed by atoms with Gasteiger partial charge in [0, 0.05) is 31.6 Å². The summed E-state index contributed by atoms with van der Waals surface area (Å²) in [5, 5.41) is 17.6. The lowest BCUT2D eigenvalue weighted by atomic mass is 9.93. The predicted octanol–water partition coefficient (Wildman–Crippen LogP) is 4.14. The van der Waals surface area contributed by atoms with Crippen LogP contribution >= 0.6 is 0 Å². The molecule has 0 aromatic rings. The van der Waals surface area contributed by atoms with Gasteiger partial charge in [0.2, 0.25) is 0 Å². The third-order valence-corrected chi connectivity index (χ3v) is 6.26. The van der Waals surface area contributed by atoms with Crippen LogP contribution < -0.4 is 11.3 Å². The normalized spacial score (nSPS) is 19.9. The zero-order chi connectivity index (χ0) is 22.8. The first-order valence-corrected chi connectivity index (χ1v) is 11.4. The molecule has 0 saturated heterocycles. The fourth-order valence-electron chi connectivity index (χ4n) is 4.37. The summed E-state index contributed by atoms with van der Waals surface area (Å²) in [6, 6.07) is -0.450. The molecule has 0 aliphatic heterocycles. The molecule has 0 aromatic heterocycles. The standard InChI is InChI=1S/C22H38N6O3/c1-16(24-23)14-17(2)25-26-20(15-29)21(30)28(19-12-8-5-9-13-19)22(31)27(3)18-10-6-4-7-11-18/h15-16,18-19,24,29H,2,4-14,23H2,1,3H3. The fourth-order valence-corrected chi connectivity index (χ4v) is 4.37. The molecule has 0 radical (unpaired) electrons. The van der Waals surface area contributed by atoms with Gasteiger partial charge in [-0.2, -0.15) is 5.11 Å². The van der Waals surface area contributed by atoms with E-state index >= 15 is 0 Å². The number of aliphatic hydroxyl groups excluding tert-OH is 1. The van der Waals surface area contributed by atoms with Crippen molar-refractivity contribution in [2.24, 2.45) is 16.1 Å². The minimum Gasteiger partial charge on any atom is -0.513 e. The molecule has 0 bridgehead atoms. The number of nitrogens with one attached hydrogen (secondary N) is 1. The molecule has 2 aliphatic carbocycles. The number of hydrazine groups is 1. The summed E-state index contributed by atoms with van der Waals surface area (Å²) < 4.78 is 0. The van der Waals surface area contributed by atoms with Crippen LogP contribution in [-0.2, 0) is 4.79 Å². The molecule has 0 aromatic carbocycles. The van der Waals surface area contributed by atoms with E-state index in [1.54, 1.807) is 11.9 Å². The van der Waals surface area contributed by atoms with Crippen molar-refractivity contribution in [2.45, 2.75) is 95.7 Å². The van der Waals surface area contributed by atoms with Gasteiger partial charge in [-0.05, 0) is 32.6 Å². The van der Waals surface area contributed by atoms with Gasteiger partial charge in [-0.3, -0.25) is 21.0 Å². The Labute approximate surface area is 185 Å². The number of imide groups is 1. The number of aliphatic hydroxyl groups is 1. The van der Waals surface area contributed by atoms with Crippen LogP contribution in [0, 0.1) is 0 Å². The van der Waals surface area contributed by atoms with Crippen molar-refractivity contribution in [1.29, 1.82) is 0 Å². The summed E-state index contributed by atoms with van der Waals surface area (Å²) in [5.41, 5.74) is 2.73. The van der Waals surface area contributed by atoms with E-state index in [0.29, 0.717) is 18.4 Å². The second kappa shape index (κ2) is 12.6. The van der Waals surface area contributed by atoms with Gasteiger partial charge < -0.3 is 10.0 Å². The number of hydrogen-bond donors (Lipinski definition) is 3. The van der Waals surface area contributed by atoms with E-state index in [-0.39, 0.29) is 29.9 Å². The largest absolute Gasteiger partial charge is 0.513 e. The molecule has 31 heavy (non-hydrogen) atoms. The topological polar surface area (TPSA) is 124 Å². The van der Waals surface area contributed by atoms with Crippen LogP contribution in [0.2, 0.25) is 0 Å². The van der Waals surface area contributed by atoms with Crippen LogP contribution in [0.25, 0.3) is 0 Å². The molecule has 2 aliphatic rings. The molecule has 174 valence electrons. The number of nitrogens with two attached hydrogens (primary N) is 1. The lowest BCUT2D eigenvalue weighted by Gasteiger charge is -2.38. The number of azo groups is 1. The molecule has 2 saturated carbocycles. The number of nitrogens with zero attached hydrogens (tertiary/aromatic N) is 4. The molecular weight excluding hydrogens is 396 g/mol. The maximum absolute atomic E-state index is 13.4. The molecule has 9 heteroatoms. The number of urea groups is 1. The van der Waals surface area contributed by atoms with E-state index < -0.39 is 5.91 Å². The van der Waals surface area contributed by atoms with Crippen molar-refractivity contribution in [3.8, 4) is 0 Å². The van der Waals surface area contributed by atoms with E-state index in [1.807, 2.05) is 6.92 Å². The van der Waals surface area contributed by atoms with Crippen molar-refractivity contribution < 1.29 is 14.7 Å². The summed E-state index contributed by atoms with van der Waals surface area (Å²) in [7, 11) is 1.77. The minimum atomic E-state index is -0.622. The second-order valence-electron chi connectivity index (χ2n) is 8.70. The Morgan fingerprint density at radius 3 is 2.16 bits per heavy atom. The highest BCUT2D eigenvalue weighted by Crippen LogP contribution is 2.28. The third-order valence-electron chi connectivity index (χ3n) is 6.26. The van der Waals surface area contributed by atoms with Gasteiger partial charge in [-0.25, -0.2) is 4.79 Å². The van der Waals surface area contributed by atoms with Crippen molar-refractivity contribution in [2.75, 3.05) is 7.05 Å². The molecule has 0 heterocycles. The first-order valence-electron chi connectivity index (χ1n) is 11.4. The summed E-state index contributed by atoms with van der Waals surface area (Å²) >= 11 is 0. The Kier molecular flexibility index (Phi) is 10.1. The van der Waals surface area contributed by atoms with Gasteiger partial charge in [0.15, 0.2) is 5.70 Å². The lowest BCUT2D eigenvalue weighted by molar-refractivity contribution is -0.127. The maximum Gasteiger partial charge on any atom is 0.327 e. The van der Waals surface area contributed by atoms with E-state index in [4.69, 9.17) is 5.84 Å². The highest BCUT2D eigenvalue weighted by Gasteiger charge is 2.36. The average Bonchev–Trinajstić information content (AvgIpc) is 2.80. The third kappa shape index (κ3) is 7.14. The maximum atomic E-state index is 13.4. The summed E-state index contributed by atoms with van der Waals surface area (Å²) in [4.78, 5) is 29.8. The summed E-state index contributed by atoms with van der Waals surface area (Å²) in [6.07, 6.45) is 10.9. The van der Waals surface area contributed by atoms with Gasteiger partial charge in [0.05, 0.1) is 5.70 Å². The molecule has 1 atom stereocenters. The smallest absolute Gasteiger partial charge is 0.327 e. The molecule has 1 unspecified atom stereocenters. The second-order valence-corrected chi connectivity index (χ2v) is 8.70. The molecular formula is C22H38N6O3. The van der Waals surface area contributed by atoms with Gasteiger partial charge in [0.25, 0.3) is 5.91 Å². The fraction of sp³-hybridized carbons (Fsp3) is 0.727. The zero-order valence-electron chi connectivity index (χ0n) is 18.9. The first-order chi connectivity index (χ1) is 14.9. The number of hydrogen-bond acceptors (Lipinski definition) is 7. The Hall–Kier alpha value is -2.26. The SMILES string of the molecule is C=C(CC(C)NN)N=NC(=CO)C(=O)N(C(=O)N(C)C1CCCCC1)C1CCCCC1. The van der Waals surface area contributed by atoms with Gasteiger partial charge in [-0.15, -0.1) is 5.11 Å². The van der Waals surface area contributed by atoms with Crippen LogP contribution in [-0.4, -0.2) is 52.0 Å². The Bertz CT molecular complexity index is 681. The Balaban J connectivity index is 2.19. The number of carbonyl (C=O) groups is 2. The average molecular weight is 435 g/mol. The van der Waals surface area contributed by atoms with Gasteiger partial charge in [-0.1, -0.05) is 45.1 Å². The number of carbonyl (C=O) groups excluding carboxylic acids is 2. The molecule has 2 rings (SSSR count). The molecule has 9 nitrogen and oxygen atoms in total. The van der Waals surface area contributed by atoms with E-state index in [1.165, 1.54) is 11.3 Å². The number of rotatable bonds is 8. The summed E-state index contributed by atoms with van der Waals surface area (Å²) in [6.45, 7) is 5.66. The Morgan fingerprint density at radius 1 is 1.10 bits per heavy atom. The summed E-state index contributed by atoms with van der Waals surface area (Å²) in [5.74, 6) is 4.76. The van der Waals surface area contributed by atoms with Crippen molar-refractivity contribution >= 4 is 11.9 Å².